The lowest BCUT2D eigenvalue weighted by Gasteiger charge is -2.38. The van der Waals surface area contributed by atoms with E-state index < -0.39 is 17.7 Å². The fourth-order valence-corrected chi connectivity index (χ4v) is 8.39. The summed E-state index contributed by atoms with van der Waals surface area (Å²) in [7, 11) is 3.68. The number of rotatable bonds is 12. The molecule has 2 aliphatic heterocycles. The molecule has 7 aromatic rings. The first-order valence-corrected chi connectivity index (χ1v) is 20.1. The lowest BCUT2D eigenvalue weighted by atomic mass is 9.77. The zero-order valence-electron chi connectivity index (χ0n) is 34.0. The summed E-state index contributed by atoms with van der Waals surface area (Å²) in [5.74, 6) is 2.27. The Kier molecular flexibility index (Phi) is 10.0. The van der Waals surface area contributed by atoms with Crippen LogP contribution < -0.4 is 24.0 Å². The number of esters is 1. The van der Waals surface area contributed by atoms with Crippen molar-refractivity contribution in [3.05, 3.63) is 203 Å². The van der Waals surface area contributed by atoms with Gasteiger partial charge in [0.25, 0.3) is 0 Å². The van der Waals surface area contributed by atoms with Gasteiger partial charge >= 0.3 is 5.97 Å². The second-order valence-corrected chi connectivity index (χ2v) is 15.8. The lowest BCUT2D eigenvalue weighted by Crippen LogP contribution is -2.35. The molecule has 9 rings (SSSR count). The normalized spacial score (nSPS) is 15.5. The van der Waals surface area contributed by atoms with Crippen molar-refractivity contribution in [3.8, 4) is 23.0 Å². The van der Waals surface area contributed by atoms with Gasteiger partial charge in [0, 0.05) is 58.0 Å². The van der Waals surface area contributed by atoms with E-state index in [4.69, 9.17) is 18.9 Å². The molecule has 0 fully saturated rings. The molecular formula is C52H46N2O6. The number of aliphatic hydroxyl groups excluding tert-OH is 1. The molecule has 7 aromatic carbocycles. The predicted molar refractivity (Wildman–Crippen MR) is 236 cm³/mol. The van der Waals surface area contributed by atoms with E-state index in [1.165, 1.54) is 5.56 Å². The van der Waals surface area contributed by atoms with E-state index in [0.29, 0.717) is 28.4 Å². The number of aliphatic hydroxyl groups is 1. The molecule has 2 atom stereocenters. The second kappa shape index (κ2) is 15.6. The van der Waals surface area contributed by atoms with Crippen LogP contribution in [0.2, 0.25) is 0 Å². The monoisotopic (exact) mass is 794 g/mol. The molecule has 2 unspecified atom stereocenters. The maximum atomic E-state index is 13.7. The summed E-state index contributed by atoms with van der Waals surface area (Å²) in [5.41, 5.74) is 7.12. The van der Waals surface area contributed by atoms with Gasteiger partial charge in [-0.15, -0.1) is 0 Å². The Labute approximate surface area is 350 Å². The van der Waals surface area contributed by atoms with Gasteiger partial charge in [0.15, 0.2) is 5.60 Å². The molecule has 1 N–H and O–H groups in total. The van der Waals surface area contributed by atoms with Crippen molar-refractivity contribution in [2.75, 3.05) is 37.1 Å². The molecule has 0 saturated heterocycles. The number of nitrogens with zero attached hydrogens (tertiary/aromatic N) is 2. The van der Waals surface area contributed by atoms with Crippen molar-refractivity contribution in [1.29, 1.82) is 0 Å². The molecule has 2 heterocycles. The van der Waals surface area contributed by atoms with Crippen LogP contribution in [0.15, 0.2) is 170 Å². The molecule has 0 bridgehead atoms. The van der Waals surface area contributed by atoms with E-state index in [0.717, 1.165) is 45.2 Å². The Hall–Kier alpha value is -7.03. The van der Waals surface area contributed by atoms with Crippen LogP contribution in [-0.4, -0.2) is 44.5 Å². The molecule has 0 amide bonds. The van der Waals surface area contributed by atoms with Gasteiger partial charge in [-0.1, -0.05) is 92.7 Å². The van der Waals surface area contributed by atoms with Crippen molar-refractivity contribution in [1.82, 2.24) is 0 Å². The maximum Gasteiger partial charge on any atom is 0.340 e. The number of hydrogen-bond donors (Lipinski definition) is 1. The molecule has 0 aliphatic carbocycles. The van der Waals surface area contributed by atoms with Gasteiger partial charge in [-0.25, -0.2) is 4.79 Å². The van der Waals surface area contributed by atoms with Crippen molar-refractivity contribution in [3.63, 3.8) is 0 Å². The van der Waals surface area contributed by atoms with Gasteiger partial charge < -0.3 is 33.9 Å². The average molecular weight is 795 g/mol. The summed E-state index contributed by atoms with van der Waals surface area (Å²) in [5, 5.41) is 11.6. The zero-order chi connectivity index (χ0) is 41.4. The van der Waals surface area contributed by atoms with Crippen LogP contribution in [0, 0.1) is 0 Å². The van der Waals surface area contributed by atoms with E-state index >= 15 is 0 Å². The van der Waals surface area contributed by atoms with Crippen molar-refractivity contribution in [2.24, 2.45) is 0 Å². The topological polar surface area (TPSA) is 80.7 Å². The van der Waals surface area contributed by atoms with Crippen LogP contribution in [0.25, 0.3) is 0 Å². The van der Waals surface area contributed by atoms with E-state index in [2.05, 4.69) is 60.0 Å². The minimum absolute atomic E-state index is 0.0701. The summed E-state index contributed by atoms with van der Waals surface area (Å²) < 4.78 is 24.8. The van der Waals surface area contributed by atoms with Crippen LogP contribution in [0.1, 0.15) is 52.0 Å². The third kappa shape index (κ3) is 6.88. The Morgan fingerprint density at radius 1 is 0.633 bits per heavy atom. The molecule has 0 saturated carbocycles. The van der Waals surface area contributed by atoms with Gasteiger partial charge in [-0.2, -0.15) is 0 Å². The third-order valence-electron chi connectivity index (χ3n) is 11.8. The number of anilines is 4. The quantitative estimate of drug-likeness (QED) is 0.123. The minimum Gasteiger partial charge on any atom is -0.497 e. The zero-order valence-corrected chi connectivity index (χ0v) is 34.0. The summed E-state index contributed by atoms with van der Waals surface area (Å²) >= 11 is 0. The molecule has 8 heteroatoms. The van der Waals surface area contributed by atoms with Crippen molar-refractivity contribution < 1.29 is 28.8 Å². The SMILES string of the molecule is COc1ccc(C(C)(C)c2ccc(OCC(O)CN(c3ccccc3)c3ccc4c(c3)C3(OC(=O)c5ccccc53)c3ccc(N(C)c5ccccc5)cc3O4)cc2)cc1. The molecule has 1 spiro atoms. The average Bonchev–Trinajstić information content (AvgIpc) is 3.59. The number of fused-ring (bicyclic) bond motifs is 6. The van der Waals surface area contributed by atoms with Gasteiger partial charge in [0.2, 0.25) is 0 Å². The van der Waals surface area contributed by atoms with E-state index in [1.807, 2.05) is 141 Å². The van der Waals surface area contributed by atoms with Crippen LogP contribution in [0.5, 0.6) is 23.0 Å². The number of para-hydroxylation sites is 2. The largest absolute Gasteiger partial charge is 0.497 e. The van der Waals surface area contributed by atoms with Gasteiger partial charge in [-0.3, -0.25) is 0 Å². The molecular weight excluding hydrogens is 749 g/mol. The smallest absolute Gasteiger partial charge is 0.340 e. The Morgan fingerprint density at radius 3 is 1.93 bits per heavy atom. The van der Waals surface area contributed by atoms with Crippen molar-refractivity contribution in [2.45, 2.75) is 31.0 Å². The molecule has 2 aliphatic rings. The highest BCUT2D eigenvalue weighted by Crippen LogP contribution is 2.57. The first-order chi connectivity index (χ1) is 29.2. The molecule has 0 aromatic heterocycles. The Bertz CT molecular complexity index is 2650. The number of hydrogen-bond acceptors (Lipinski definition) is 8. The Morgan fingerprint density at radius 2 is 1.25 bits per heavy atom. The van der Waals surface area contributed by atoms with Crippen LogP contribution in [0.3, 0.4) is 0 Å². The van der Waals surface area contributed by atoms with Crippen molar-refractivity contribution >= 4 is 28.7 Å². The first kappa shape index (κ1) is 38.5. The number of benzene rings is 7. The fourth-order valence-electron chi connectivity index (χ4n) is 8.39. The summed E-state index contributed by atoms with van der Waals surface area (Å²) in [6.07, 6.45) is -0.868. The second-order valence-electron chi connectivity index (χ2n) is 15.8. The number of methoxy groups -OCH3 is 1. The van der Waals surface area contributed by atoms with E-state index in [1.54, 1.807) is 7.11 Å². The minimum atomic E-state index is -1.27. The standard InChI is InChI=1S/C52H46N2O6/c1-51(2,35-19-25-42(57-4)26-20-35)36-21-27-43(28-22-36)58-34-41(55)33-54(38-15-9-6-10-16-38)40-24-30-48-47(31-40)52(45-18-12-11-17-44(45)50(56)60-52)46-29-23-39(32-49(46)59-48)53(3)37-13-7-5-8-14-37/h5-32,41,55H,33-34H2,1-4H3. The highest BCUT2D eigenvalue weighted by atomic mass is 16.6. The number of ether oxygens (including phenoxy) is 4. The molecule has 0 radical (unpaired) electrons. The van der Waals surface area contributed by atoms with Crippen LogP contribution >= 0.6 is 0 Å². The fraction of sp³-hybridized carbons (Fsp3) is 0.173. The number of carbonyl (C=O) groups is 1. The highest BCUT2D eigenvalue weighted by Gasteiger charge is 2.53. The molecule has 8 nitrogen and oxygen atoms in total. The van der Waals surface area contributed by atoms with Crippen LogP contribution in [0.4, 0.5) is 22.7 Å². The van der Waals surface area contributed by atoms with Gasteiger partial charge in [-0.05, 0) is 96.1 Å². The first-order valence-electron chi connectivity index (χ1n) is 20.1. The van der Waals surface area contributed by atoms with Gasteiger partial charge in [0.05, 0.1) is 19.2 Å². The molecule has 60 heavy (non-hydrogen) atoms. The lowest BCUT2D eigenvalue weighted by molar-refractivity contribution is 0.0224. The highest BCUT2D eigenvalue weighted by molar-refractivity contribution is 5.97. The van der Waals surface area contributed by atoms with E-state index in [9.17, 15) is 9.90 Å². The predicted octanol–water partition coefficient (Wildman–Crippen LogP) is 10.9. The van der Waals surface area contributed by atoms with Crippen LogP contribution in [-0.2, 0) is 15.8 Å². The summed E-state index contributed by atoms with van der Waals surface area (Å²) in [4.78, 5) is 17.9. The molecule has 300 valence electrons. The number of carbonyl (C=O) groups excluding carboxylic acids is 1. The Balaban J connectivity index is 1.01. The maximum absolute atomic E-state index is 13.7. The van der Waals surface area contributed by atoms with Gasteiger partial charge in [0.1, 0.15) is 35.7 Å². The summed E-state index contributed by atoms with van der Waals surface area (Å²) in [6.45, 7) is 4.68. The third-order valence-corrected chi connectivity index (χ3v) is 11.8. The summed E-state index contributed by atoms with van der Waals surface area (Å²) in [6, 6.07) is 55.7. The van der Waals surface area contributed by atoms with E-state index in [-0.39, 0.29) is 18.6 Å².